The van der Waals surface area contributed by atoms with Gasteiger partial charge >= 0.3 is 24.2 Å². The van der Waals surface area contributed by atoms with Crippen molar-refractivity contribution >= 4 is 29.4 Å². The van der Waals surface area contributed by atoms with Gasteiger partial charge in [0.15, 0.2) is 0 Å². The highest BCUT2D eigenvalue weighted by molar-refractivity contribution is 5.91. The predicted molar refractivity (Wildman–Crippen MR) is 162 cm³/mol. The number of hydrogen-bond acceptors (Lipinski definition) is 8. The third-order valence-corrected chi connectivity index (χ3v) is 6.33. The summed E-state index contributed by atoms with van der Waals surface area (Å²) in [6, 6.07) is 15.0. The second kappa shape index (κ2) is 17.0. The van der Waals surface area contributed by atoms with Gasteiger partial charge in [-0.2, -0.15) is 22.0 Å². The molecule has 0 aliphatic rings. The molecule has 0 bridgehead atoms. The summed E-state index contributed by atoms with van der Waals surface area (Å²) in [4.78, 5) is 24.0. The van der Waals surface area contributed by atoms with Crippen LogP contribution in [-0.2, 0) is 20.4 Å². The van der Waals surface area contributed by atoms with Gasteiger partial charge in [-0.15, -0.1) is 0 Å². The van der Waals surface area contributed by atoms with E-state index in [0.717, 1.165) is 12.1 Å². The lowest BCUT2D eigenvalue weighted by molar-refractivity contribution is -0.185. The van der Waals surface area contributed by atoms with Gasteiger partial charge in [0.05, 0.1) is 30.9 Å². The molecule has 0 unspecified atom stereocenters. The minimum atomic E-state index is -4.18. The number of unbranched alkanes of at least 4 members (excludes halogenated alkanes) is 3. The largest absolute Gasteiger partial charge is 0.494 e. The van der Waals surface area contributed by atoms with Crippen molar-refractivity contribution in [2.45, 2.75) is 50.8 Å². The topological polar surface area (TPSA) is 123 Å². The molecule has 46 heavy (non-hydrogen) atoms. The lowest BCUT2D eigenvalue weighted by Gasteiger charge is -2.18. The van der Waals surface area contributed by atoms with E-state index in [9.17, 15) is 31.5 Å². The third-order valence-electron chi connectivity index (χ3n) is 6.33. The van der Waals surface area contributed by atoms with Crippen molar-refractivity contribution in [2.75, 3.05) is 31.3 Å². The van der Waals surface area contributed by atoms with E-state index < -0.39 is 36.2 Å². The van der Waals surface area contributed by atoms with E-state index in [-0.39, 0.29) is 37.6 Å². The van der Waals surface area contributed by atoms with E-state index in [0.29, 0.717) is 48.4 Å². The molecule has 0 heterocycles. The summed E-state index contributed by atoms with van der Waals surface area (Å²) in [5.41, 5.74) is 12.4. The zero-order valence-electron chi connectivity index (χ0n) is 24.9. The average Bonchev–Trinajstić information content (AvgIpc) is 2.99. The first-order valence-corrected chi connectivity index (χ1v) is 14.5. The van der Waals surface area contributed by atoms with Crippen LogP contribution in [0.3, 0.4) is 0 Å². The van der Waals surface area contributed by atoms with Crippen molar-refractivity contribution in [3.8, 4) is 11.5 Å². The number of alkyl halides is 5. The molecule has 0 aliphatic heterocycles. The average molecular weight is 651 g/mol. The maximum atomic E-state index is 14.7. The fourth-order valence-electron chi connectivity index (χ4n) is 4.03. The minimum absolute atomic E-state index is 0.00649. The van der Waals surface area contributed by atoms with Gasteiger partial charge < -0.3 is 30.4 Å². The van der Waals surface area contributed by atoms with Crippen molar-refractivity contribution in [3.63, 3.8) is 0 Å². The Labute approximate surface area is 263 Å². The van der Waals surface area contributed by atoms with E-state index in [2.05, 4.69) is 0 Å². The van der Waals surface area contributed by atoms with Crippen LogP contribution in [0.1, 0.15) is 60.0 Å². The summed E-state index contributed by atoms with van der Waals surface area (Å²) in [5, 5.41) is 0. The number of esters is 2. The SMILES string of the molecule is Nc1cc(N)cc(C(=O)OCCCCOC(=O)/C=C/c2ccc(OC(F)(F)c3ccc(OCCCCCC(F)(F)F)cc3)cc2)c1. The molecule has 3 aromatic carbocycles. The van der Waals surface area contributed by atoms with Crippen LogP contribution in [-0.4, -0.2) is 37.9 Å². The number of hydrogen-bond donors (Lipinski definition) is 2. The van der Waals surface area contributed by atoms with Crippen molar-refractivity contribution in [2.24, 2.45) is 0 Å². The Morgan fingerprint density at radius 3 is 1.91 bits per heavy atom. The Morgan fingerprint density at radius 2 is 1.28 bits per heavy atom. The Morgan fingerprint density at radius 1 is 0.696 bits per heavy atom. The van der Waals surface area contributed by atoms with Crippen LogP contribution in [0.15, 0.2) is 72.8 Å². The molecule has 8 nitrogen and oxygen atoms in total. The monoisotopic (exact) mass is 650 g/mol. The van der Waals surface area contributed by atoms with Crippen LogP contribution in [0, 0.1) is 0 Å². The molecule has 0 saturated carbocycles. The molecule has 13 heteroatoms. The number of halogens is 5. The molecule has 0 spiro atoms. The van der Waals surface area contributed by atoms with Crippen molar-refractivity contribution in [3.05, 3.63) is 89.5 Å². The molecule has 3 aromatic rings. The molecule has 3 rings (SSSR count). The third kappa shape index (κ3) is 13.0. The number of ether oxygens (including phenoxy) is 4. The number of rotatable bonds is 17. The van der Waals surface area contributed by atoms with Crippen molar-refractivity contribution < 1.29 is 50.5 Å². The first kappa shape index (κ1) is 35.7. The lowest BCUT2D eigenvalue weighted by Crippen LogP contribution is -2.21. The Balaban J connectivity index is 1.34. The molecule has 0 saturated heterocycles. The van der Waals surface area contributed by atoms with E-state index in [1.807, 2.05) is 0 Å². The molecule has 0 radical (unpaired) electrons. The zero-order chi connectivity index (χ0) is 33.6. The maximum absolute atomic E-state index is 14.7. The number of carbonyl (C=O) groups is 2. The standard InChI is InChI=1S/C33H35F5N2O6/c34-32(35,36)16-2-1-3-17-43-28-13-9-25(10-14-28)33(37,38)46-29-11-6-23(7-12-29)8-15-30(41)44-18-4-5-19-45-31(42)24-20-26(39)22-27(40)21-24/h6-15,20-22H,1-5,16-19,39-40H2/b15-8+. The highest BCUT2D eigenvalue weighted by Gasteiger charge is 2.34. The quantitative estimate of drug-likeness (QED) is 0.0502. The van der Waals surface area contributed by atoms with Gasteiger partial charge in [0.1, 0.15) is 11.5 Å². The highest BCUT2D eigenvalue weighted by Crippen LogP contribution is 2.33. The molecule has 248 valence electrons. The Bertz CT molecular complexity index is 1420. The summed E-state index contributed by atoms with van der Waals surface area (Å²) >= 11 is 0. The molecular weight excluding hydrogens is 615 g/mol. The predicted octanol–water partition coefficient (Wildman–Crippen LogP) is 7.67. The number of benzene rings is 3. The fraction of sp³-hybridized carbons (Fsp3) is 0.333. The molecule has 0 aliphatic carbocycles. The Kier molecular flexibility index (Phi) is 13.2. The van der Waals surface area contributed by atoms with Crippen LogP contribution in [0.5, 0.6) is 11.5 Å². The van der Waals surface area contributed by atoms with Gasteiger partial charge in [-0.3, -0.25) is 0 Å². The van der Waals surface area contributed by atoms with Crippen LogP contribution in [0.2, 0.25) is 0 Å². The molecule has 0 aromatic heterocycles. The first-order valence-electron chi connectivity index (χ1n) is 14.5. The summed E-state index contributed by atoms with van der Waals surface area (Å²) in [6.07, 6.45) is -4.36. The van der Waals surface area contributed by atoms with Gasteiger partial charge in [0.2, 0.25) is 0 Å². The molecule has 0 atom stereocenters. The normalized spacial score (nSPS) is 11.8. The second-order valence-corrected chi connectivity index (χ2v) is 10.2. The smallest absolute Gasteiger partial charge is 0.426 e. The van der Waals surface area contributed by atoms with Gasteiger partial charge in [-0.1, -0.05) is 12.1 Å². The van der Waals surface area contributed by atoms with Crippen molar-refractivity contribution in [1.29, 1.82) is 0 Å². The van der Waals surface area contributed by atoms with Crippen molar-refractivity contribution in [1.82, 2.24) is 0 Å². The van der Waals surface area contributed by atoms with Crippen LogP contribution >= 0.6 is 0 Å². The maximum Gasteiger partial charge on any atom is 0.426 e. The van der Waals surface area contributed by atoms with Gasteiger partial charge in [-0.05, 0) is 98.3 Å². The molecule has 4 N–H and O–H groups in total. The van der Waals surface area contributed by atoms with E-state index in [1.165, 1.54) is 66.7 Å². The molecular formula is C33H35F5N2O6. The van der Waals surface area contributed by atoms with Gasteiger partial charge in [0.25, 0.3) is 0 Å². The molecule has 0 amide bonds. The van der Waals surface area contributed by atoms with E-state index >= 15 is 0 Å². The lowest BCUT2D eigenvalue weighted by atomic mass is 10.2. The van der Waals surface area contributed by atoms with Crippen LogP contribution in [0.4, 0.5) is 33.3 Å². The van der Waals surface area contributed by atoms with Gasteiger partial charge in [-0.25, -0.2) is 9.59 Å². The minimum Gasteiger partial charge on any atom is -0.494 e. The number of anilines is 2. The van der Waals surface area contributed by atoms with Gasteiger partial charge in [0, 0.05) is 23.9 Å². The number of carbonyl (C=O) groups excluding carboxylic acids is 2. The number of nitrogens with two attached hydrogens (primary N) is 2. The second-order valence-electron chi connectivity index (χ2n) is 10.2. The summed E-state index contributed by atoms with van der Waals surface area (Å²) in [6.45, 7) is 0.393. The summed E-state index contributed by atoms with van der Waals surface area (Å²) in [7, 11) is 0. The molecule has 0 fully saturated rings. The van der Waals surface area contributed by atoms with Crippen LogP contribution < -0.4 is 20.9 Å². The Hall–Kier alpha value is -4.81. The summed E-state index contributed by atoms with van der Waals surface area (Å²) in [5.74, 6) is -0.958. The fourth-order valence-corrected chi connectivity index (χ4v) is 4.03. The highest BCUT2D eigenvalue weighted by atomic mass is 19.4. The van der Waals surface area contributed by atoms with E-state index in [4.69, 9.17) is 30.4 Å². The first-order chi connectivity index (χ1) is 21.8. The van der Waals surface area contributed by atoms with E-state index in [1.54, 1.807) is 0 Å². The zero-order valence-corrected chi connectivity index (χ0v) is 24.9. The van der Waals surface area contributed by atoms with Crippen LogP contribution in [0.25, 0.3) is 6.08 Å². The summed E-state index contributed by atoms with van der Waals surface area (Å²) < 4.78 is 86.4. The number of nitrogen functional groups attached to an aromatic ring is 2.